The molecule has 180 valence electrons. The molecule has 2 amide bonds. The summed E-state index contributed by atoms with van der Waals surface area (Å²) in [5, 5.41) is 11.2. The maximum absolute atomic E-state index is 14.7. The van der Waals surface area contributed by atoms with Gasteiger partial charge >= 0.3 is 0 Å². The largest absolute Gasteiger partial charge is 0.350 e. The lowest BCUT2D eigenvalue weighted by Gasteiger charge is -2.32. The number of halogens is 2. The van der Waals surface area contributed by atoms with E-state index in [0.29, 0.717) is 25.8 Å². The van der Waals surface area contributed by atoms with Crippen LogP contribution in [0.1, 0.15) is 50.5 Å². The van der Waals surface area contributed by atoms with E-state index >= 15 is 0 Å². The van der Waals surface area contributed by atoms with E-state index in [1.165, 1.54) is 4.90 Å². The summed E-state index contributed by atoms with van der Waals surface area (Å²) in [6, 6.07) is 8.74. The van der Waals surface area contributed by atoms with Gasteiger partial charge in [0.15, 0.2) is 5.66 Å². The number of nitrogens with one attached hydrogen (secondary N) is 1. The van der Waals surface area contributed by atoms with E-state index in [0.717, 1.165) is 31.2 Å². The second-order valence-electron chi connectivity index (χ2n) is 10.2. The molecule has 0 radical (unpaired) electrons. The van der Waals surface area contributed by atoms with E-state index in [9.17, 15) is 18.4 Å². The van der Waals surface area contributed by atoms with Gasteiger partial charge in [-0.3, -0.25) is 9.59 Å². The molecule has 1 aromatic rings. The molecule has 1 unspecified atom stereocenters. The lowest BCUT2D eigenvalue weighted by atomic mass is 10.0. The number of terminal acetylenes is 1. The van der Waals surface area contributed by atoms with E-state index < -0.39 is 35.4 Å². The SMILES string of the molecule is C#CCCC1(CCN(C(=O)[C@H]2[C@H](C3CC3)C2(F)F)C(C(=O)NCc2ccccc2)C2CC2)N=N1. The minimum absolute atomic E-state index is 0.0128. The Morgan fingerprint density at radius 1 is 1.15 bits per heavy atom. The highest BCUT2D eigenvalue weighted by Gasteiger charge is 2.76. The molecule has 3 saturated carbocycles. The summed E-state index contributed by atoms with van der Waals surface area (Å²) in [7, 11) is 0. The van der Waals surface area contributed by atoms with Crippen molar-refractivity contribution in [1.29, 1.82) is 0 Å². The van der Waals surface area contributed by atoms with Crippen LogP contribution in [0.4, 0.5) is 8.78 Å². The van der Waals surface area contributed by atoms with Crippen LogP contribution in [-0.4, -0.2) is 40.9 Å². The van der Waals surface area contributed by atoms with E-state index in [2.05, 4.69) is 21.5 Å². The maximum Gasteiger partial charge on any atom is 0.264 e. The molecule has 34 heavy (non-hydrogen) atoms. The van der Waals surface area contributed by atoms with Crippen LogP contribution in [0.25, 0.3) is 0 Å². The molecule has 1 aromatic carbocycles. The number of carbonyl (C=O) groups is 2. The number of hydrogen-bond acceptors (Lipinski definition) is 4. The van der Waals surface area contributed by atoms with Crippen LogP contribution in [0.5, 0.6) is 0 Å². The fourth-order valence-corrected chi connectivity index (χ4v) is 5.15. The Labute approximate surface area is 198 Å². The molecule has 1 aliphatic heterocycles. The van der Waals surface area contributed by atoms with Gasteiger partial charge in [-0.1, -0.05) is 30.3 Å². The second-order valence-corrected chi connectivity index (χ2v) is 10.2. The minimum atomic E-state index is -2.99. The standard InChI is InChI=1S/C26H30F2N4O2/c1-2-3-13-25(30-31-25)14-15-32(24(34)21-20(18-9-10-18)26(21,27)28)22(19-11-12-19)23(33)29-16-17-7-5-4-6-8-17/h1,4-8,18-22H,3,9-16H2,(H,29,33)/t20-,21+,22?/m0/s1. The van der Waals surface area contributed by atoms with Crippen LogP contribution in [0.15, 0.2) is 40.6 Å². The molecule has 5 rings (SSSR count). The molecule has 8 heteroatoms. The van der Waals surface area contributed by atoms with Crippen molar-refractivity contribution >= 4 is 11.8 Å². The first-order chi connectivity index (χ1) is 16.4. The Bertz CT molecular complexity index is 1010. The number of alkyl halides is 2. The fraction of sp³-hybridized carbons (Fsp3) is 0.615. The van der Waals surface area contributed by atoms with Crippen LogP contribution in [-0.2, 0) is 16.1 Å². The number of carbonyl (C=O) groups excluding carboxylic acids is 2. The molecule has 0 aromatic heterocycles. The number of nitrogens with zero attached hydrogens (tertiary/aromatic N) is 3. The van der Waals surface area contributed by atoms with Crippen molar-refractivity contribution in [3.05, 3.63) is 35.9 Å². The van der Waals surface area contributed by atoms with E-state index in [4.69, 9.17) is 6.42 Å². The van der Waals surface area contributed by atoms with Crippen molar-refractivity contribution in [2.75, 3.05) is 6.54 Å². The Kier molecular flexibility index (Phi) is 5.91. The van der Waals surface area contributed by atoms with E-state index in [-0.39, 0.29) is 24.3 Å². The van der Waals surface area contributed by atoms with Gasteiger partial charge in [0.25, 0.3) is 5.92 Å². The normalized spacial score (nSPS) is 26.3. The molecule has 3 atom stereocenters. The molecule has 3 fully saturated rings. The predicted molar refractivity (Wildman–Crippen MR) is 121 cm³/mol. The third-order valence-electron chi connectivity index (χ3n) is 7.58. The molecule has 0 spiro atoms. The second kappa shape index (κ2) is 8.75. The van der Waals surface area contributed by atoms with Gasteiger partial charge in [0.05, 0.1) is 0 Å². The van der Waals surface area contributed by atoms with Crippen LogP contribution < -0.4 is 5.32 Å². The van der Waals surface area contributed by atoms with Crippen LogP contribution >= 0.6 is 0 Å². The molecular weight excluding hydrogens is 438 g/mol. The quantitative estimate of drug-likeness (QED) is 0.468. The van der Waals surface area contributed by atoms with Gasteiger partial charge in [-0.15, -0.1) is 12.3 Å². The summed E-state index contributed by atoms with van der Waals surface area (Å²) in [6.07, 6.45) is 9.93. The number of rotatable bonds is 12. The van der Waals surface area contributed by atoms with Gasteiger partial charge in [0.1, 0.15) is 12.0 Å². The van der Waals surface area contributed by atoms with Crippen molar-refractivity contribution in [3.8, 4) is 12.3 Å². The van der Waals surface area contributed by atoms with E-state index in [1.54, 1.807) is 0 Å². The van der Waals surface area contributed by atoms with Crippen molar-refractivity contribution in [2.45, 2.75) is 69.1 Å². The average Bonchev–Trinajstić information content (AvgIpc) is 3.64. The molecule has 1 heterocycles. The van der Waals surface area contributed by atoms with Gasteiger partial charge in [-0.25, -0.2) is 8.78 Å². The van der Waals surface area contributed by atoms with Crippen molar-refractivity contribution in [1.82, 2.24) is 10.2 Å². The van der Waals surface area contributed by atoms with E-state index in [1.807, 2.05) is 30.3 Å². The number of amides is 2. The monoisotopic (exact) mass is 468 g/mol. The minimum Gasteiger partial charge on any atom is -0.350 e. The summed E-state index contributed by atoms with van der Waals surface area (Å²) >= 11 is 0. The molecular formula is C26H30F2N4O2. The Balaban J connectivity index is 1.33. The highest BCUT2D eigenvalue weighted by Crippen LogP contribution is 2.65. The lowest BCUT2D eigenvalue weighted by Crippen LogP contribution is -2.52. The third kappa shape index (κ3) is 4.70. The molecule has 6 nitrogen and oxygen atoms in total. The van der Waals surface area contributed by atoms with Crippen LogP contribution in [0, 0.1) is 36.0 Å². The third-order valence-corrected chi connectivity index (χ3v) is 7.58. The fourth-order valence-electron chi connectivity index (χ4n) is 5.15. The topological polar surface area (TPSA) is 74.1 Å². The van der Waals surface area contributed by atoms with Gasteiger partial charge in [-0.05, 0) is 43.1 Å². The summed E-state index contributed by atoms with van der Waals surface area (Å²) < 4.78 is 29.3. The van der Waals surface area contributed by atoms with Gasteiger partial charge in [-0.2, -0.15) is 10.2 Å². The maximum atomic E-state index is 14.7. The summed E-state index contributed by atoms with van der Waals surface area (Å²) in [4.78, 5) is 28.3. The first kappa shape index (κ1) is 22.9. The molecule has 1 N–H and O–H groups in total. The van der Waals surface area contributed by atoms with Gasteiger partial charge < -0.3 is 10.2 Å². The van der Waals surface area contributed by atoms with Crippen molar-refractivity contribution in [3.63, 3.8) is 0 Å². The Morgan fingerprint density at radius 2 is 1.85 bits per heavy atom. The molecule has 3 aliphatic carbocycles. The zero-order chi connectivity index (χ0) is 23.9. The van der Waals surface area contributed by atoms with Crippen molar-refractivity contribution < 1.29 is 18.4 Å². The Hall–Kier alpha value is -2.82. The van der Waals surface area contributed by atoms with Crippen LogP contribution in [0.2, 0.25) is 0 Å². The number of hydrogen-bond donors (Lipinski definition) is 1. The first-order valence-electron chi connectivity index (χ1n) is 12.2. The molecule has 0 saturated heterocycles. The summed E-state index contributed by atoms with van der Waals surface area (Å²) in [5.74, 6) is -3.59. The molecule has 0 bridgehead atoms. The first-order valence-corrected chi connectivity index (χ1v) is 12.2. The zero-order valence-electron chi connectivity index (χ0n) is 19.1. The smallest absolute Gasteiger partial charge is 0.264 e. The highest BCUT2D eigenvalue weighted by molar-refractivity contribution is 5.91. The lowest BCUT2D eigenvalue weighted by molar-refractivity contribution is -0.144. The van der Waals surface area contributed by atoms with Gasteiger partial charge in [0.2, 0.25) is 11.8 Å². The molecule has 4 aliphatic rings. The highest BCUT2D eigenvalue weighted by atomic mass is 19.3. The van der Waals surface area contributed by atoms with Gasteiger partial charge in [0, 0.05) is 38.3 Å². The summed E-state index contributed by atoms with van der Waals surface area (Å²) in [6.45, 7) is 0.492. The van der Waals surface area contributed by atoms with Crippen LogP contribution in [0.3, 0.4) is 0 Å². The predicted octanol–water partition coefficient (Wildman–Crippen LogP) is 4.17. The number of benzene rings is 1. The zero-order valence-corrected chi connectivity index (χ0v) is 19.1. The average molecular weight is 469 g/mol. The Morgan fingerprint density at radius 3 is 2.44 bits per heavy atom. The van der Waals surface area contributed by atoms with Crippen molar-refractivity contribution in [2.24, 2.45) is 33.9 Å². The summed E-state index contributed by atoms with van der Waals surface area (Å²) in [5.41, 5.74) is 0.288.